The van der Waals surface area contributed by atoms with Gasteiger partial charge < -0.3 is 11.1 Å². The first-order chi connectivity index (χ1) is 6.34. The van der Waals surface area contributed by atoms with Gasteiger partial charge in [-0.2, -0.15) is 0 Å². The molecule has 6 heteroatoms. The van der Waals surface area contributed by atoms with Gasteiger partial charge in [-0.25, -0.2) is 13.6 Å². The highest BCUT2D eigenvalue weighted by molar-refractivity contribution is 7.88. The first kappa shape index (κ1) is 12.7. The molecule has 5 N–H and O–H groups in total. The van der Waals surface area contributed by atoms with Crippen molar-refractivity contribution in [3.8, 4) is 0 Å². The molecule has 0 aromatic heterocycles. The normalized spacial score (nSPS) is 9.93. The zero-order valence-corrected chi connectivity index (χ0v) is 9.01. The highest BCUT2D eigenvalue weighted by atomic mass is 32.2. The Morgan fingerprint density at radius 1 is 1.29 bits per heavy atom. The monoisotopic (exact) mass is 217 g/mol. The van der Waals surface area contributed by atoms with Crippen LogP contribution >= 0.6 is 0 Å². The number of nitrogens with one attached hydrogen (secondary N) is 1. The molecule has 0 fully saturated rings. The van der Waals surface area contributed by atoms with Gasteiger partial charge in [0.2, 0.25) is 10.0 Å². The van der Waals surface area contributed by atoms with Gasteiger partial charge in [-0.15, -0.1) is 0 Å². The van der Waals surface area contributed by atoms with Gasteiger partial charge in [0.15, 0.2) is 0 Å². The van der Waals surface area contributed by atoms with Crippen molar-refractivity contribution in [1.82, 2.24) is 0 Å². The van der Waals surface area contributed by atoms with E-state index in [9.17, 15) is 8.42 Å². The van der Waals surface area contributed by atoms with E-state index in [2.05, 4.69) is 10.5 Å². The lowest BCUT2D eigenvalue weighted by Crippen LogP contribution is -2.07. The molecule has 0 saturated carbocycles. The van der Waals surface area contributed by atoms with E-state index >= 15 is 0 Å². The predicted octanol–water partition coefficient (Wildman–Crippen LogP) is 0.215. The first-order valence-corrected chi connectivity index (χ1v) is 5.80. The first-order valence-electron chi connectivity index (χ1n) is 3.84. The van der Waals surface area contributed by atoms with Crippen LogP contribution in [-0.2, 0) is 10.0 Å². The van der Waals surface area contributed by atoms with E-state index in [0.29, 0.717) is 0 Å². The van der Waals surface area contributed by atoms with Crippen LogP contribution in [0.3, 0.4) is 0 Å². The number of anilines is 2. The largest absolute Gasteiger partial charge is 0.397 e. The minimum absolute atomic E-state index is 0.792. The van der Waals surface area contributed by atoms with Crippen LogP contribution in [0.4, 0.5) is 11.4 Å². The number of sulfonamides is 1. The summed E-state index contributed by atoms with van der Waals surface area (Å²) in [5.74, 6) is 0. The molecule has 80 valence electrons. The molecule has 0 amide bonds. The Balaban J connectivity index is 0.000000292. The van der Waals surface area contributed by atoms with E-state index in [1.54, 1.807) is 0 Å². The van der Waals surface area contributed by atoms with Crippen molar-refractivity contribution in [2.24, 2.45) is 5.14 Å². The molecule has 0 heterocycles. The van der Waals surface area contributed by atoms with Gasteiger partial charge in [0.25, 0.3) is 0 Å². The smallest absolute Gasteiger partial charge is 0.206 e. The lowest BCUT2D eigenvalue weighted by molar-refractivity contribution is 0.603. The van der Waals surface area contributed by atoms with E-state index in [0.717, 1.165) is 17.6 Å². The third kappa shape index (κ3) is 7.38. The SMILES string of the molecule is CNc1ccccc1N.CS(N)(=O)=O. The quantitative estimate of drug-likeness (QED) is 0.586. The summed E-state index contributed by atoms with van der Waals surface area (Å²) >= 11 is 0. The van der Waals surface area contributed by atoms with Gasteiger partial charge in [-0.3, -0.25) is 0 Å². The minimum atomic E-state index is -3.17. The van der Waals surface area contributed by atoms with Crippen LogP contribution in [0.25, 0.3) is 0 Å². The Bertz CT molecular complexity index is 368. The van der Waals surface area contributed by atoms with E-state index in [1.165, 1.54) is 0 Å². The Morgan fingerprint density at radius 3 is 2.00 bits per heavy atom. The number of nitrogens with two attached hydrogens (primary N) is 2. The molecule has 5 nitrogen and oxygen atoms in total. The van der Waals surface area contributed by atoms with Crippen LogP contribution in [0.2, 0.25) is 0 Å². The molecule has 0 spiro atoms. The van der Waals surface area contributed by atoms with Gasteiger partial charge in [-0.05, 0) is 12.1 Å². The highest BCUT2D eigenvalue weighted by Crippen LogP contribution is 2.14. The Morgan fingerprint density at radius 2 is 1.71 bits per heavy atom. The molecule has 0 aliphatic heterocycles. The van der Waals surface area contributed by atoms with E-state index in [-0.39, 0.29) is 0 Å². The van der Waals surface area contributed by atoms with Crippen LogP contribution in [0.5, 0.6) is 0 Å². The Kier molecular flexibility index (Phi) is 4.96. The third-order valence-electron chi connectivity index (χ3n) is 1.23. The third-order valence-corrected chi connectivity index (χ3v) is 1.23. The molecule has 14 heavy (non-hydrogen) atoms. The molecule has 0 aliphatic carbocycles. The molecule has 1 aromatic carbocycles. The number of hydrogen-bond donors (Lipinski definition) is 3. The number of nitrogen functional groups attached to an aromatic ring is 1. The lowest BCUT2D eigenvalue weighted by atomic mass is 10.3. The maximum absolute atomic E-state index is 9.41. The molecule has 0 saturated heterocycles. The van der Waals surface area contributed by atoms with Crippen molar-refractivity contribution in [1.29, 1.82) is 0 Å². The second-order valence-electron chi connectivity index (χ2n) is 2.67. The second kappa shape index (κ2) is 5.46. The topological polar surface area (TPSA) is 98.2 Å². The van der Waals surface area contributed by atoms with Crippen molar-refractivity contribution < 1.29 is 8.42 Å². The lowest BCUT2D eigenvalue weighted by Gasteiger charge is -2.01. The molecule has 0 aliphatic rings. The zero-order valence-electron chi connectivity index (χ0n) is 8.19. The van der Waals surface area contributed by atoms with Crippen LogP contribution < -0.4 is 16.2 Å². The number of rotatable bonds is 1. The van der Waals surface area contributed by atoms with Crippen molar-refractivity contribution >= 4 is 21.4 Å². The number of para-hydroxylation sites is 2. The van der Waals surface area contributed by atoms with E-state index in [1.807, 2.05) is 31.3 Å². The summed E-state index contributed by atoms with van der Waals surface area (Å²) < 4.78 is 18.8. The van der Waals surface area contributed by atoms with Crippen LogP contribution in [0.1, 0.15) is 0 Å². The highest BCUT2D eigenvalue weighted by Gasteiger charge is 1.89. The fraction of sp³-hybridized carbons (Fsp3) is 0.250. The predicted molar refractivity (Wildman–Crippen MR) is 59.4 cm³/mol. The summed E-state index contributed by atoms with van der Waals surface area (Å²) in [5.41, 5.74) is 7.34. The van der Waals surface area contributed by atoms with Gasteiger partial charge in [-0.1, -0.05) is 12.1 Å². The Labute approximate surface area is 84.2 Å². The van der Waals surface area contributed by atoms with Crippen molar-refractivity contribution in [3.63, 3.8) is 0 Å². The maximum atomic E-state index is 9.41. The molecular weight excluding hydrogens is 202 g/mol. The zero-order chi connectivity index (χ0) is 11.2. The van der Waals surface area contributed by atoms with Crippen LogP contribution in [0, 0.1) is 0 Å². The molecule has 1 rings (SSSR count). The molecule has 0 bridgehead atoms. The maximum Gasteiger partial charge on any atom is 0.206 e. The van der Waals surface area contributed by atoms with Gasteiger partial charge in [0.05, 0.1) is 17.6 Å². The summed E-state index contributed by atoms with van der Waals surface area (Å²) in [7, 11) is -1.31. The molecular formula is C8H15N3O2S. The summed E-state index contributed by atoms with van der Waals surface area (Å²) in [4.78, 5) is 0. The second-order valence-corrected chi connectivity index (χ2v) is 4.33. The van der Waals surface area contributed by atoms with Crippen molar-refractivity contribution in [2.45, 2.75) is 0 Å². The minimum Gasteiger partial charge on any atom is -0.397 e. The van der Waals surface area contributed by atoms with Gasteiger partial charge >= 0.3 is 0 Å². The summed E-state index contributed by atoms with van der Waals surface area (Å²) in [6.45, 7) is 0. The van der Waals surface area contributed by atoms with Crippen LogP contribution in [-0.4, -0.2) is 21.7 Å². The fourth-order valence-electron chi connectivity index (χ4n) is 0.725. The molecule has 0 radical (unpaired) electrons. The standard InChI is InChI=1S/C7H10N2.CH5NO2S/c1-9-7-5-3-2-4-6(7)8;1-5(2,3)4/h2-5,9H,8H2,1H3;1H3,(H2,2,3,4). The number of primary sulfonamides is 1. The fourth-order valence-corrected chi connectivity index (χ4v) is 0.725. The van der Waals surface area contributed by atoms with Gasteiger partial charge in [0.1, 0.15) is 0 Å². The van der Waals surface area contributed by atoms with Gasteiger partial charge in [0, 0.05) is 7.05 Å². The molecule has 0 atom stereocenters. The van der Waals surface area contributed by atoms with E-state index in [4.69, 9.17) is 5.73 Å². The number of hydrogen-bond acceptors (Lipinski definition) is 4. The Hall–Kier alpha value is -1.27. The summed E-state index contributed by atoms with van der Waals surface area (Å²) in [6, 6.07) is 7.67. The summed E-state index contributed by atoms with van der Waals surface area (Å²) in [6.07, 6.45) is 0.938. The van der Waals surface area contributed by atoms with Crippen molar-refractivity contribution in [2.75, 3.05) is 24.4 Å². The van der Waals surface area contributed by atoms with E-state index < -0.39 is 10.0 Å². The van der Waals surface area contributed by atoms with Crippen molar-refractivity contribution in [3.05, 3.63) is 24.3 Å². The summed E-state index contributed by atoms with van der Waals surface area (Å²) in [5, 5.41) is 7.30. The average Bonchev–Trinajstić information content (AvgIpc) is 2.02. The molecule has 1 aromatic rings. The average molecular weight is 217 g/mol. The molecule has 0 unspecified atom stereocenters. The number of benzene rings is 1. The van der Waals surface area contributed by atoms with Crippen LogP contribution in [0.15, 0.2) is 24.3 Å².